The van der Waals surface area contributed by atoms with Crippen LogP contribution in [0.3, 0.4) is 0 Å². The molecule has 0 unspecified atom stereocenters. The smallest absolute Gasteiger partial charge is 0.188 e. The fraction of sp³-hybridized carbons (Fsp3) is 0.909. The molecule has 0 aliphatic rings. The van der Waals surface area contributed by atoms with Crippen LogP contribution in [0.5, 0.6) is 0 Å². The van der Waals surface area contributed by atoms with Gasteiger partial charge < -0.3 is 16.0 Å². The molecule has 5 heteroatoms. The Morgan fingerprint density at radius 2 is 2.06 bits per heavy atom. The molecule has 0 bridgehead atoms. The van der Waals surface area contributed by atoms with Gasteiger partial charge in [-0.2, -0.15) is 0 Å². The van der Waals surface area contributed by atoms with E-state index in [2.05, 4.69) is 43.0 Å². The highest BCUT2D eigenvalue weighted by Gasteiger charge is 1.96. The van der Waals surface area contributed by atoms with Gasteiger partial charge in [-0.25, -0.2) is 0 Å². The van der Waals surface area contributed by atoms with E-state index in [0.29, 0.717) is 11.9 Å². The van der Waals surface area contributed by atoms with E-state index in [0.717, 1.165) is 32.6 Å². The van der Waals surface area contributed by atoms with Crippen LogP contribution in [-0.4, -0.2) is 44.1 Å². The van der Waals surface area contributed by atoms with Crippen molar-refractivity contribution >= 4 is 29.9 Å². The molecule has 98 valence electrons. The van der Waals surface area contributed by atoms with Gasteiger partial charge in [0.05, 0.1) is 0 Å². The van der Waals surface area contributed by atoms with Crippen LogP contribution in [0, 0.1) is 5.92 Å². The first-order chi connectivity index (χ1) is 7.06. The third kappa shape index (κ3) is 12.0. The number of nitrogens with zero attached hydrogens (tertiary/aromatic N) is 2. The van der Waals surface area contributed by atoms with Crippen molar-refractivity contribution in [2.45, 2.75) is 27.2 Å². The number of hydrogen-bond donors (Lipinski definition) is 2. The van der Waals surface area contributed by atoms with Gasteiger partial charge in [0, 0.05) is 19.6 Å². The zero-order valence-corrected chi connectivity index (χ0v) is 13.3. The fourth-order valence-corrected chi connectivity index (χ4v) is 1.03. The summed E-state index contributed by atoms with van der Waals surface area (Å²) in [7, 11) is 2.09. The second-order valence-corrected chi connectivity index (χ2v) is 4.27. The number of nitrogens with one attached hydrogen (secondary N) is 1. The average molecular weight is 342 g/mol. The maximum Gasteiger partial charge on any atom is 0.188 e. The van der Waals surface area contributed by atoms with E-state index in [4.69, 9.17) is 5.73 Å². The lowest BCUT2D eigenvalue weighted by molar-refractivity contribution is 0.357. The molecule has 0 aromatic carbocycles. The van der Waals surface area contributed by atoms with Crippen molar-refractivity contribution < 1.29 is 0 Å². The van der Waals surface area contributed by atoms with E-state index in [-0.39, 0.29) is 24.0 Å². The van der Waals surface area contributed by atoms with Crippen LogP contribution in [-0.2, 0) is 0 Å². The van der Waals surface area contributed by atoms with E-state index in [9.17, 15) is 0 Å². The van der Waals surface area contributed by atoms with Crippen LogP contribution in [0.2, 0.25) is 0 Å². The predicted molar refractivity (Wildman–Crippen MR) is 82.5 cm³/mol. The van der Waals surface area contributed by atoms with E-state index < -0.39 is 0 Å². The average Bonchev–Trinajstić information content (AvgIpc) is 2.17. The minimum atomic E-state index is 0. The summed E-state index contributed by atoms with van der Waals surface area (Å²) in [6, 6.07) is 0. The van der Waals surface area contributed by atoms with Gasteiger partial charge in [0.15, 0.2) is 5.96 Å². The molecule has 0 rings (SSSR count). The summed E-state index contributed by atoms with van der Waals surface area (Å²) in [5.41, 5.74) is 5.71. The summed E-state index contributed by atoms with van der Waals surface area (Å²) in [4.78, 5) is 6.48. The molecule has 0 aromatic rings. The van der Waals surface area contributed by atoms with Gasteiger partial charge in [0.2, 0.25) is 0 Å². The summed E-state index contributed by atoms with van der Waals surface area (Å²) in [6.07, 6.45) is 1.09. The van der Waals surface area contributed by atoms with Crippen LogP contribution in [0.4, 0.5) is 0 Å². The lowest BCUT2D eigenvalue weighted by atomic mass is 10.1. The molecule has 0 saturated heterocycles. The number of hydrogen-bond acceptors (Lipinski definition) is 2. The number of guanidine groups is 1. The van der Waals surface area contributed by atoms with Crippen LogP contribution < -0.4 is 11.1 Å². The van der Waals surface area contributed by atoms with Crippen molar-refractivity contribution in [3.63, 3.8) is 0 Å². The second kappa shape index (κ2) is 11.4. The molecule has 0 radical (unpaired) electrons. The molecule has 0 heterocycles. The number of halogens is 1. The summed E-state index contributed by atoms with van der Waals surface area (Å²) in [5, 5.41) is 3.11. The Morgan fingerprint density at radius 3 is 2.56 bits per heavy atom. The molecular weight excluding hydrogens is 315 g/mol. The van der Waals surface area contributed by atoms with Crippen LogP contribution in [0.15, 0.2) is 4.99 Å². The predicted octanol–water partition coefficient (Wildman–Crippen LogP) is 1.51. The molecule has 0 spiro atoms. The molecule has 0 aliphatic carbocycles. The van der Waals surface area contributed by atoms with Gasteiger partial charge in [-0.1, -0.05) is 20.8 Å². The lowest BCUT2D eigenvalue weighted by Gasteiger charge is -2.14. The minimum Gasteiger partial charge on any atom is -0.370 e. The minimum absolute atomic E-state index is 0. The van der Waals surface area contributed by atoms with E-state index >= 15 is 0 Å². The van der Waals surface area contributed by atoms with Gasteiger partial charge >= 0.3 is 0 Å². The Bertz CT molecular complexity index is 183. The van der Waals surface area contributed by atoms with E-state index in [1.165, 1.54) is 0 Å². The fourth-order valence-electron chi connectivity index (χ4n) is 1.03. The largest absolute Gasteiger partial charge is 0.370 e. The Hall–Kier alpha value is -0.0400. The zero-order valence-electron chi connectivity index (χ0n) is 11.0. The SMILES string of the molecule is CCN(C)CCNC(N)=NCCC(C)C.I. The van der Waals surface area contributed by atoms with Crippen molar-refractivity contribution in [3.8, 4) is 0 Å². The maximum absolute atomic E-state index is 5.71. The summed E-state index contributed by atoms with van der Waals surface area (Å²) in [6.45, 7) is 10.3. The quantitative estimate of drug-likeness (QED) is 0.419. The third-order valence-corrected chi connectivity index (χ3v) is 2.33. The third-order valence-electron chi connectivity index (χ3n) is 2.33. The van der Waals surface area contributed by atoms with Crippen molar-refractivity contribution in [2.75, 3.05) is 33.2 Å². The Morgan fingerprint density at radius 1 is 1.44 bits per heavy atom. The Kier molecular flexibility index (Phi) is 13.1. The molecule has 0 fully saturated rings. The van der Waals surface area contributed by atoms with E-state index in [1.807, 2.05) is 0 Å². The number of aliphatic imine (C=N–C) groups is 1. The van der Waals surface area contributed by atoms with Crippen LogP contribution in [0.1, 0.15) is 27.2 Å². The molecule has 0 amide bonds. The highest BCUT2D eigenvalue weighted by molar-refractivity contribution is 14.0. The topological polar surface area (TPSA) is 53.6 Å². The first-order valence-corrected chi connectivity index (χ1v) is 5.78. The normalized spacial score (nSPS) is 11.8. The van der Waals surface area contributed by atoms with Crippen molar-refractivity contribution in [2.24, 2.45) is 16.6 Å². The molecule has 0 aromatic heterocycles. The standard InChI is InChI=1S/C11H26N4.HI/c1-5-15(4)9-8-14-11(12)13-7-6-10(2)3;/h10H,5-9H2,1-4H3,(H3,12,13,14);1H. The highest BCUT2D eigenvalue weighted by Crippen LogP contribution is 1.97. The first-order valence-electron chi connectivity index (χ1n) is 5.78. The Labute approximate surface area is 117 Å². The van der Waals surface area contributed by atoms with Gasteiger partial charge in [0.25, 0.3) is 0 Å². The second-order valence-electron chi connectivity index (χ2n) is 4.27. The van der Waals surface area contributed by atoms with Crippen molar-refractivity contribution in [1.82, 2.24) is 10.2 Å². The van der Waals surface area contributed by atoms with Gasteiger partial charge in [-0.3, -0.25) is 4.99 Å². The van der Waals surface area contributed by atoms with Gasteiger partial charge in [-0.05, 0) is 25.9 Å². The highest BCUT2D eigenvalue weighted by atomic mass is 127. The number of likely N-dealkylation sites (N-methyl/N-ethyl adjacent to an activating group) is 1. The lowest BCUT2D eigenvalue weighted by Crippen LogP contribution is -2.37. The summed E-state index contributed by atoms with van der Waals surface area (Å²) < 4.78 is 0. The number of rotatable bonds is 7. The molecule has 4 nitrogen and oxygen atoms in total. The zero-order chi connectivity index (χ0) is 11.7. The molecule has 3 N–H and O–H groups in total. The summed E-state index contributed by atoms with van der Waals surface area (Å²) >= 11 is 0. The maximum atomic E-state index is 5.71. The molecular formula is C11H27IN4. The van der Waals surface area contributed by atoms with Gasteiger partial charge in [0.1, 0.15) is 0 Å². The van der Waals surface area contributed by atoms with Gasteiger partial charge in [-0.15, -0.1) is 24.0 Å². The molecule has 0 aliphatic heterocycles. The Balaban J connectivity index is 0. The first kappa shape index (κ1) is 18.3. The van der Waals surface area contributed by atoms with Crippen molar-refractivity contribution in [3.05, 3.63) is 0 Å². The van der Waals surface area contributed by atoms with Crippen LogP contribution in [0.25, 0.3) is 0 Å². The monoisotopic (exact) mass is 342 g/mol. The number of nitrogens with two attached hydrogens (primary N) is 1. The van der Waals surface area contributed by atoms with Crippen molar-refractivity contribution in [1.29, 1.82) is 0 Å². The van der Waals surface area contributed by atoms with E-state index in [1.54, 1.807) is 0 Å². The summed E-state index contributed by atoms with van der Waals surface area (Å²) in [5.74, 6) is 1.26. The molecule has 16 heavy (non-hydrogen) atoms. The van der Waals surface area contributed by atoms with Crippen LogP contribution >= 0.6 is 24.0 Å². The molecule has 0 atom stereocenters. The molecule has 0 saturated carbocycles.